The summed E-state index contributed by atoms with van der Waals surface area (Å²) in [6, 6.07) is 7.34. The first-order valence-electron chi connectivity index (χ1n) is 9.28. The molecule has 0 radical (unpaired) electrons. The average molecular weight is 351 g/mol. The molecule has 6 nitrogen and oxygen atoms in total. The second kappa shape index (κ2) is 12.7. The molecule has 0 saturated heterocycles. The summed E-state index contributed by atoms with van der Waals surface area (Å²) in [6.45, 7) is 9.08. The van der Waals surface area contributed by atoms with Crippen molar-refractivity contribution in [1.82, 2.24) is 10.2 Å². The molecule has 0 spiro atoms. The molecule has 1 atom stereocenters. The molecule has 0 aromatic heterocycles. The highest BCUT2D eigenvalue weighted by Crippen LogP contribution is 2.12. The summed E-state index contributed by atoms with van der Waals surface area (Å²) in [5, 5.41) is 2.88. The van der Waals surface area contributed by atoms with Gasteiger partial charge in [-0.1, -0.05) is 32.4 Å². The number of hydrogen-bond donors (Lipinski definition) is 3. The van der Waals surface area contributed by atoms with E-state index in [1.807, 2.05) is 24.3 Å². The summed E-state index contributed by atoms with van der Waals surface area (Å²) < 4.78 is 5.75. The first kappa shape index (κ1) is 21.4. The standard InChI is InChI=1S/C19H34N4O2/c1-3-23(4-2)13-14-25-17-10-8-16(9-11-17)15-22-19(24)18(21)7-5-6-12-20/h8-11,18H,3-7,12-15,20-21H2,1-2H3,(H,22,24)/t18-/m0/s1. The lowest BCUT2D eigenvalue weighted by Crippen LogP contribution is -2.40. The number of carbonyl (C=O) groups excluding carboxylic acids is 1. The molecule has 6 heteroatoms. The van der Waals surface area contributed by atoms with E-state index in [-0.39, 0.29) is 5.91 Å². The highest BCUT2D eigenvalue weighted by molar-refractivity contribution is 5.81. The highest BCUT2D eigenvalue weighted by Gasteiger charge is 2.12. The molecule has 0 aliphatic heterocycles. The maximum Gasteiger partial charge on any atom is 0.237 e. The molecule has 1 amide bonds. The maximum absolute atomic E-state index is 11.9. The van der Waals surface area contributed by atoms with Crippen LogP contribution in [0.25, 0.3) is 0 Å². The first-order valence-corrected chi connectivity index (χ1v) is 9.28. The summed E-state index contributed by atoms with van der Waals surface area (Å²) in [5.41, 5.74) is 12.3. The van der Waals surface area contributed by atoms with E-state index in [0.717, 1.165) is 43.8 Å². The Hall–Kier alpha value is -1.63. The van der Waals surface area contributed by atoms with Crippen molar-refractivity contribution in [3.05, 3.63) is 29.8 Å². The van der Waals surface area contributed by atoms with Crippen molar-refractivity contribution in [2.45, 2.75) is 45.7 Å². The Kier molecular flexibility index (Phi) is 10.9. The van der Waals surface area contributed by atoms with Crippen molar-refractivity contribution >= 4 is 5.91 Å². The molecule has 1 aromatic carbocycles. The lowest BCUT2D eigenvalue weighted by Gasteiger charge is -2.18. The molecule has 5 N–H and O–H groups in total. The van der Waals surface area contributed by atoms with E-state index in [1.54, 1.807) is 0 Å². The number of carbonyl (C=O) groups is 1. The van der Waals surface area contributed by atoms with Gasteiger partial charge < -0.3 is 26.4 Å². The molecular formula is C19H34N4O2. The number of benzene rings is 1. The fraction of sp³-hybridized carbons (Fsp3) is 0.632. The molecule has 0 aliphatic rings. The molecule has 0 aliphatic carbocycles. The van der Waals surface area contributed by atoms with Crippen molar-refractivity contribution in [2.75, 3.05) is 32.8 Å². The van der Waals surface area contributed by atoms with Gasteiger partial charge in [-0.25, -0.2) is 0 Å². The number of hydrogen-bond acceptors (Lipinski definition) is 5. The molecule has 0 heterocycles. The van der Waals surface area contributed by atoms with Crippen molar-refractivity contribution in [2.24, 2.45) is 11.5 Å². The maximum atomic E-state index is 11.9. The van der Waals surface area contributed by atoms with Gasteiger partial charge in [-0.05, 0) is 50.2 Å². The van der Waals surface area contributed by atoms with Gasteiger partial charge >= 0.3 is 0 Å². The van der Waals surface area contributed by atoms with Crippen molar-refractivity contribution in [3.8, 4) is 5.75 Å². The number of amides is 1. The molecular weight excluding hydrogens is 316 g/mol. The van der Waals surface area contributed by atoms with E-state index in [0.29, 0.717) is 26.1 Å². The number of nitrogens with zero attached hydrogens (tertiary/aromatic N) is 1. The van der Waals surface area contributed by atoms with Gasteiger partial charge in [0.15, 0.2) is 0 Å². The molecule has 25 heavy (non-hydrogen) atoms. The summed E-state index contributed by atoms with van der Waals surface area (Å²) in [7, 11) is 0. The van der Waals surface area contributed by atoms with Crippen LogP contribution in [0.4, 0.5) is 0 Å². The van der Waals surface area contributed by atoms with Crippen LogP contribution in [0.1, 0.15) is 38.7 Å². The number of rotatable bonds is 13. The number of ether oxygens (including phenoxy) is 1. The molecule has 1 aromatic rings. The van der Waals surface area contributed by atoms with E-state index in [4.69, 9.17) is 16.2 Å². The van der Waals surface area contributed by atoms with Crippen molar-refractivity contribution in [3.63, 3.8) is 0 Å². The number of likely N-dealkylation sites (N-methyl/N-ethyl adjacent to an activating group) is 1. The third-order valence-electron chi connectivity index (χ3n) is 4.27. The van der Waals surface area contributed by atoms with Crippen LogP contribution >= 0.6 is 0 Å². The second-order valence-corrected chi connectivity index (χ2v) is 6.13. The normalized spacial score (nSPS) is 12.2. The van der Waals surface area contributed by atoms with E-state index < -0.39 is 6.04 Å². The Morgan fingerprint density at radius 2 is 1.88 bits per heavy atom. The predicted octanol–water partition coefficient (Wildman–Crippen LogP) is 1.48. The lowest BCUT2D eigenvalue weighted by molar-refractivity contribution is -0.122. The van der Waals surface area contributed by atoms with Crippen LogP contribution in [0, 0.1) is 0 Å². The summed E-state index contributed by atoms with van der Waals surface area (Å²) in [4.78, 5) is 14.3. The van der Waals surface area contributed by atoms with Gasteiger partial charge in [0.05, 0.1) is 6.04 Å². The monoisotopic (exact) mass is 350 g/mol. The van der Waals surface area contributed by atoms with Crippen LogP contribution in [0.15, 0.2) is 24.3 Å². The quantitative estimate of drug-likeness (QED) is 0.469. The third-order valence-corrected chi connectivity index (χ3v) is 4.27. The van der Waals surface area contributed by atoms with Gasteiger partial charge in [0, 0.05) is 13.1 Å². The van der Waals surface area contributed by atoms with Crippen LogP contribution in [-0.4, -0.2) is 49.6 Å². The van der Waals surface area contributed by atoms with Gasteiger partial charge in [-0.3, -0.25) is 4.79 Å². The SMILES string of the molecule is CCN(CC)CCOc1ccc(CNC(=O)[C@@H](N)CCCCN)cc1. The topological polar surface area (TPSA) is 93.6 Å². The van der Waals surface area contributed by atoms with Crippen LogP contribution < -0.4 is 21.5 Å². The first-order chi connectivity index (χ1) is 12.1. The summed E-state index contributed by atoms with van der Waals surface area (Å²) in [5.74, 6) is 0.734. The number of nitrogens with two attached hydrogens (primary N) is 2. The largest absolute Gasteiger partial charge is 0.492 e. The van der Waals surface area contributed by atoms with Gasteiger partial charge in [-0.2, -0.15) is 0 Å². The molecule has 0 unspecified atom stereocenters. The molecule has 0 fully saturated rings. The Morgan fingerprint density at radius 3 is 2.48 bits per heavy atom. The lowest BCUT2D eigenvalue weighted by atomic mass is 10.1. The Labute approximate surface area is 151 Å². The molecule has 0 bridgehead atoms. The minimum absolute atomic E-state index is 0.114. The highest BCUT2D eigenvalue weighted by atomic mass is 16.5. The number of nitrogens with one attached hydrogen (secondary N) is 1. The van der Waals surface area contributed by atoms with Crippen molar-refractivity contribution in [1.29, 1.82) is 0 Å². The van der Waals surface area contributed by atoms with Crippen LogP contribution in [-0.2, 0) is 11.3 Å². The Balaban J connectivity index is 2.30. The van der Waals surface area contributed by atoms with E-state index in [2.05, 4.69) is 24.1 Å². The molecule has 0 saturated carbocycles. The summed E-state index contributed by atoms with van der Waals surface area (Å²) >= 11 is 0. The van der Waals surface area contributed by atoms with Crippen molar-refractivity contribution < 1.29 is 9.53 Å². The Bertz CT molecular complexity index is 475. The van der Waals surface area contributed by atoms with Crippen LogP contribution in [0.3, 0.4) is 0 Å². The minimum Gasteiger partial charge on any atom is -0.492 e. The summed E-state index contributed by atoms with van der Waals surface area (Å²) in [6.07, 6.45) is 2.45. The minimum atomic E-state index is -0.464. The molecule has 1 rings (SSSR count). The second-order valence-electron chi connectivity index (χ2n) is 6.13. The molecule has 142 valence electrons. The third kappa shape index (κ3) is 8.86. The zero-order chi connectivity index (χ0) is 18.5. The zero-order valence-corrected chi connectivity index (χ0v) is 15.7. The van der Waals surface area contributed by atoms with E-state index in [1.165, 1.54) is 0 Å². The average Bonchev–Trinajstić information content (AvgIpc) is 2.64. The Morgan fingerprint density at radius 1 is 1.20 bits per heavy atom. The predicted molar refractivity (Wildman–Crippen MR) is 102 cm³/mol. The van der Waals surface area contributed by atoms with Crippen LogP contribution in [0.2, 0.25) is 0 Å². The van der Waals surface area contributed by atoms with Gasteiger partial charge in [0.2, 0.25) is 5.91 Å². The van der Waals surface area contributed by atoms with Gasteiger partial charge in [0.1, 0.15) is 12.4 Å². The number of unbranched alkanes of at least 4 members (excludes halogenated alkanes) is 1. The van der Waals surface area contributed by atoms with E-state index >= 15 is 0 Å². The fourth-order valence-electron chi connectivity index (χ4n) is 2.50. The van der Waals surface area contributed by atoms with Gasteiger partial charge in [-0.15, -0.1) is 0 Å². The van der Waals surface area contributed by atoms with Gasteiger partial charge in [0.25, 0.3) is 0 Å². The fourth-order valence-corrected chi connectivity index (χ4v) is 2.50. The van der Waals surface area contributed by atoms with E-state index in [9.17, 15) is 4.79 Å². The van der Waals surface area contributed by atoms with Crippen LogP contribution in [0.5, 0.6) is 5.75 Å². The smallest absolute Gasteiger partial charge is 0.237 e. The zero-order valence-electron chi connectivity index (χ0n) is 15.7.